The molecule has 0 aromatic carbocycles. The topological polar surface area (TPSA) is 21.3 Å². The summed E-state index contributed by atoms with van der Waals surface area (Å²) in [6.07, 6.45) is 5.24. The summed E-state index contributed by atoms with van der Waals surface area (Å²) in [5.41, 5.74) is 0.434. The van der Waals surface area contributed by atoms with Crippen LogP contribution in [0.2, 0.25) is 0 Å². The average Bonchev–Trinajstić information content (AvgIpc) is 2.69. The highest BCUT2D eigenvalue weighted by Crippen LogP contribution is 2.39. The zero-order valence-electron chi connectivity index (χ0n) is 9.51. The molecular weight excluding hydrogens is 174 g/mol. The molecule has 2 saturated heterocycles. The van der Waals surface area contributed by atoms with Crippen LogP contribution in [0.15, 0.2) is 0 Å². The molecule has 2 heterocycles. The number of hydrogen-bond donors (Lipinski definition) is 1. The first-order valence-electron chi connectivity index (χ1n) is 6.08. The molecule has 0 amide bonds. The van der Waals surface area contributed by atoms with Gasteiger partial charge in [0.25, 0.3) is 0 Å². The summed E-state index contributed by atoms with van der Waals surface area (Å²) in [4.78, 5) is 0. The maximum absolute atomic E-state index is 5.46. The summed E-state index contributed by atoms with van der Waals surface area (Å²) in [5, 5.41) is 3.78. The summed E-state index contributed by atoms with van der Waals surface area (Å²) < 4.78 is 5.46. The number of nitrogens with one attached hydrogen (secondary N) is 1. The Bertz CT molecular complexity index is 179. The summed E-state index contributed by atoms with van der Waals surface area (Å²) in [7, 11) is 0. The molecule has 2 aliphatic rings. The van der Waals surface area contributed by atoms with E-state index in [0.717, 1.165) is 25.0 Å². The van der Waals surface area contributed by atoms with Crippen molar-refractivity contribution in [3.63, 3.8) is 0 Å². The molecule has 2 heteroatoms. The highest BCUT2D eigenvalue weighted by atomic mass is 16.5. The molecule has 0 radical (unpaired) electrons. The molecule has 0 aliphatic carbocycles. The molecule has 1 unspecified atom stereocenters. The standard InChI is InChI=1S/C12H23NO/c1-10(2)12(6-3-7-13-12)11-4-8-14-9-5-11/h10-11,13H,3-9H2,1-2H3. The third kappa shape index (κ3) is 1.70. The lowest BCUT2D eigenvalue weighted by Gasteiger charge is -2.43. The van der Waals surface area contributed by atoms with E-state index >= 15 is 0 Å². The second-order valence-electron chi connectivity index (χ2n) is 5.11. The predicted octanol–water partition coefficient (Wildman–Crippen LogP) is 2.19. The van der Waals surface area contributed by atoms with Gasteiger partial charge in [0.2, 0.25) is 0 Å². The zero-order chi connectivity index (χ0) is 10.0. The van der Waals surface area contributed by atoms with E-state index in [1.807, 2.05) is 0 Å². The number of ether oxygens (including phenoxy) is 1. The van der Waals surface area contributed by atoms with E-state index in [2.05, 4.69) is 19.2 Å². The van der Waals surface area contributed by atoms with Crippen molar-refractivity contribution < 1.29 is 4.74 Å². The molecule has 2 fully saturated rings. The van der Waals surface area contributed by atoms with Gasteiger partial charge >= 0.3 is 0 Å². The van der Waals surface area contributed by atoms with Crippen molar-refractivity contribution in [2.24, 2.45) is 11.8 Å². The van der Waals surface area contributed by atoms with E-state index in [1.54, 1.807) is 0 Å². The molecule has 0 saturated carbocycles. The number of hydrogen-bond acceptors (Lipinski definition) is 2. The molecule has 14 heavy (non-hydrogen) atoms. The fourth-order valence-corrected chi connectivity index (χ4v) is 3.32. The summed E-state index contributed by atoms with van der Waals surface area (Å²) in [6, 6.07) is 0. The minimum absolute atomic E-state index is 0.434. The minimum atomic E-state index is 0.434. The van der Waals surface area contributed by atoms with Crippen molar-refractivity contribution in [2.45, 2.75) is 45.1 Å². The van der Waals surface area contributed by atoms with Gasteiger partial charge in [-0.15, -0.1) is 0 Å². The molecule has 0 spiro atoms. The lowest BCUT2D eigenvalue weighted by Crippen LogP contribution is -2.52. The summed E-state index contributed by atoms with van der Waals surface area (Å²) in [6.45, 7) is 7.90. The van der Waals surface area contributed by atoms with Gasteiger partial charge in [0.1, 0.15) is 0 Å². The molecule has 1 N–H and O–H groups in total. The molecule has 1 atom stereocenters. The maximum Gasteiger partial charge on any atom is 0.0469 e. The second kappa shape index (κ2) is 4.19. The summed E-state index contributed by atoms with van der Waals surface area (Å²) >= 11 is 0. The van der Waals surface area contributed by atoms with E-state index in [1.165, 1.54) is 32.2 Å². The Morgan fingerprint density at radius 2 is 2.00 bits per heavy atom. The lowest BCUT2D eigenvalue weighted by atomic mass is 9.71. The third-order valence-electron chi connectivity index (χ3n) is 4.20. The average molecular weight is 197 g/mol. The third-order valence-corrected chi connectivity index (χ3v) is 4.20. The molecule has 82 valence electrons. The molecule has 2 aliphatic heterocycles. The van der Waals surface area contributed by atoms with Crippen LogP contribution < -0.4 is 5.32 Å². The van der Waals surface area contributed by atoms with Crippen molar-refractivity contribution in [2.75, 3.05) is 19.8 Å². The van der Waals surface area contributed by atoms with E-state index in [0.29, 0.717) is 5.54 Å². The fraction of sp³-hybridized carbons (Fsp3) is 1.00. The van der Waals surface area contributed by atoms with Crippen molar-refractivity contribution in [1.82, 2.24) is 5.32 Å². The molecule has 0 aromatic rings. The van der Waals surface area contributed by atoms with Gasteiger partial charge in [0, 0.05) is 18.8 Å². The quantitative estimate of drug-likeness (QED) is 0.732. The maximum atomic E-state index is 5.46. The second-order valence-corrected chi connectivity index (χ2v) is 5.11. The van der Waals surface area contributed by atoms with Crippen LogP contribution in [-0.2, 0) is 4.74 Å². The van der Waals surface area contributed by atoms with Gasteiger partial charge in [0.05, 0.1) is 0 Å². The molecule has 2 rings (SSSR count). The lowest BCUT2D eigenvalue weighted by molar-refractivity contribution is 0.0191. The van der Waals surface area contributed by atoms with Gasteiger partial charge in [-0.1, -0.05) is 13.8 Å². The Morgan fingerprint density at radius 1 is 1.29 bits per heavy atom. The SMILES string of the molecule is CC(C)C1(C2CCOCC2)CCCN1. The van der Waals surface area contributed by atoms with Crippen LogP contribution in [0.25, 0.3) is 0 Å². The predicted molar refractivity (Wildman–Crippen MR) is 58.3 cm³/mol. The van der Waals surface area contributed by atoms with Crippen molar-refractivity contribution in [3.05, 3.63) is 0 Å². The Hall–Kier alpha value is -0.0800. The van der Waals surface area contributed by atoms with E-state index in [-0.39, 0.29) is 0 Å². The van der Waals surface area contributed by atoms with Crippen molar-refractivity contribution in [3.8, 4) is 0 Å². The van der Waals surface area contributed by atoms with Gasteiger partial charge < -0.3 is 10.1 Å². The smallest absolute Gasteiger partial charge is 0.0469 e. The Balaban J connectivity index is 2.08. The van der Waals surface area contributed by atoms with E-state index < -0.39 is 0 Å². The van der Waals surface area contributed by atoms with Crippen molar-refractivity contribution in [1.29, 1.82) is 0 Å². The zero-order valence-corrected chi connectivity index (χ0v) is 9.51. The molecule has 0 bridgehead atoms. The van der Waals surface area contributed by atoms with Crippen LogP contribution in [0, 0.1) is 11.8 Å². The van der Waals surface area contributed by atoms with Crippen LogP contribution in [0.4, 0.5) is 0 Å². The van der Waals surface area contributed by atoms with Crippen LogP contribution in [0.5, 0.6) is 0 Å². The highest BCUT2D eigenvalue weighted by Gasteiger charge is 2.43. The summed E-state index contributed by atoms with van der Waals surface area (Å²) in [5.74, 6) is 1.60. The van der Waals surface area contributed by atoms with Gasteiger partial charge in [-0.25, -0.2) is 0 Å². The Labute approximate surface area is 87.4 Å². The minimum Gasteiger partial charge on any atom is -0.381 e. The van der Waals surface area contributed by atoms with E-state index in [9.17, 15) is 0 Å². The van der Waals surface area contributed by atoms with Gasteiger partial charge in [-0.2, -0.15) is 0 Å². The normalized spacial score (nSPS) is 35.4. The first-order valence-corrected chi connectivity index (χ1v) is 6.08. The van der Waals surface area contributed by atoms with Crippen LogP contribution in [-0.4, -0.2) is 25.3 Å². The van der Waals surface area contributed by atoms with Gasteiger partial charge in [0.15, 0.2) is 0 Å². The monoisotopic (exact) mass is 197 g/mol. The highest BCUT2D eigenvalue weighted by molar-refractivity contribution is 5.00. The Morgan fingerprint density at radius 3 is 2.50 bits per heavy atom. The molecular formula is C12H23NO. The van der Waals surface area contributed by atoms with Crippen LogP contribution >= 0.6 is 0 Å². The van der Waals surface area contributed by atoms with Crippen LogP contribution in [0.1, 0.15) is 39.5 Å². The van der Waals surface area contributed by atoms with Gasteiger partial charge in [-0.3, -0.25) is 0 Å². The van der Waals surface area contributed by atoms with E-state index in [4.69, 9.17) is 4.74 Å². The number of rotatable bonds is 2. The largest absolute Gasteiger partial charge is 0.381 e. The molecule has 2 nitrogen and oxygen atoms in total. The van der Waals surface area contributed by atoms with Crippen molar-refractivity contribution >= 4 is 0 Å². The first kappa shape index (κ1) is 10.4. The Kier molecular flexibility index (Phi) is 3.13. The van der Waals surface area contributed by atoms with Gasteiger partial charge in [-0.05, 0) is 44.1 Å². The van der Waals surface area contributed by atoms with Crippen LogP contribution in [0.3, 0.4) is 0 Å². The molecule has 0 aromatic heterocycles. The first-order chi connectivity index (χ1) is 6.76. The fourth-order valence-electron chi connectivity index (χ4n) is 3.32.